The van der Waals surface area contributed by atoms with Crippen molar-refractivity contribution in [3.05, 3.63) is 149 Å². The van der Waals surface area contributed by atoms with Crippen LogP contribution < -0.4 is 0 Å². The van der Waals surface area contributed by atoms with Crippen molar-refractivity contribution in [1.29, 1.82) is 0 Å². The SMILES string of the molecule is COC(c1cccnc1)C1CN(OC(=O)C(C)(C)C)CC(OCc2ccc3ccccc3c2)C1c1ccc(COCCOCc2ccccc2)cc1. The zero-order valence-corrected chi connectivity index (χ0v) is 30.7. The van der Waals surface area contributed by atoms with Crippen LogP contribution in [0.5, 0.6) is 0 Å². The quantitative estimate of drug-likeness (QED) is 0.101. The van der Waals surface area contributed by atoms with Gasteiger partial charge in [0.1, 0.15) is 0 Å². The van der Waals surface area contributed by atoms with E-state index in [0.29, 0.717) is 46.1 Å². The molecule has 8 nitrogen and oxygen atoms in total. The van der Waals surface area contributed by atoms with Gasteiger partial charge in [-0.25, -0.2) is 4.79 Å². The lowest BCUT2D eigenvalue weighted by molar-refractivity contribution is -0.228. The number of fused-ring (bicyclic) bond motifs is 1. The third kappa shape index (κ3) is 9.91. The van der Waals surface area contributed by atoms with Crippen molar-refractivity contribution >= 4 is 16.7 Å². The van der Waals surface area contributed by atoms with Gasteiger partial charge in [0.15, 0.2) is 0 Å². The second kappa shape index (κ2) is 17.9. The number of methoxy groups -OCH3 is 1. The van der Waals surface area contributed by atoms with Crippen LogP contribution in [0.25, 0.3) is 10.8 Å². The summed E-state index contributed by atoms with van der Waals surface area (Å²) in [6, 6.07) is 37.4. The fourth-order valence-electron chi connectivity index (χ4n) is 6.79. The van der Waals surface area contributed by atoms with Crippen molar-refractivity contribution in [2.75, 3.05) is 33.4 Å². The summed E-state index contributed by atoms with van der Waals surface area (Å²) in [5.41, 5.74) is 4.71. The van der Waals surface area contributed by atoms with E-state index in [4.69, 9.17) is 23.8 Å². The summed E-state index contributed by atoms with van der Waals surface area (Å²) >= 11 is 0. The number of aromatic nitrogens is 1. The second-order valence-corrected chi connectivity index (χ2v) is 14.5. The van der Waals surface area contributed by atoms with E-state index >= 15 is 0 Å². The van der Waals surface area contributed by atoms with Crippen LogP contribution in [0.2, 0.25) is 0 Å². The highest BCUT2D eigenvalue weighted by molar-refractivity contribution is 5.83. The summed E-state index contributed by atoms with van der Waals surface area (Å²) in [4.78, 5) is 23.7. The van der Waals surface area contributed by atoms with E-state index < -0.39 is 5.41 Å². The Balaban J connectivity index is 1.23. The smallest absolute Gasteiger partial charge is 0.330 e. The highest BCUT2D eigenvalue weighted by Gasteiger charge is 2.45. The van der Waals surface area contributed by atoms with E-state index in [2.05, 4.69) is 71.7 Å². The summed E-state index contributed by atoms with van der Waals surface area (Å²) < 4.78 is 24.9. The van der Waals surface area contributed by atoms with E-state index in [1.54, 1.807) is 18.4 Å². The molecule has 0 aliphatic carbocycles. The standard InChI is InChI=1S/C44H50N2O6/c1-44(2,3)43(47)52-46-27-39(42(48-4)38-15-10-22-45-26-38)41(40(28-46)51-31-34-18-19-35-13-8-9-14-37(35)25-34)36-20-16-33(17-21-36)30-50-24-23-49-29-32-11-6-5-7-12-32/h5-22,25-26,39-42H,23-24,27-31H2,1-4H3. The van der Waals surface area contributed by atoms with Gasteiger partial charge in [0, 0.05) is 37.9 Å². The highest BCUT2D eigenvalue weighted by atomic mass is 16.7. The number of benzene rings is 4. The minimum Gasteiger partial charge on any atom is -0.376 e. The maximum Gasteiger partial charge on any atom is 0.330 e. The largest absolute Gasteiger partial charge is 0.376 e. The first-order chi connectivity index (χ1) is 25.3. The summed E-state index contributed by atoms with van der Waals surface area (Å²) in [5, 5.41) is 4.12. The minimum absolute atomic E-state index is 0.0865. The Morgan fingerprint density at radius 1 is 0.769 bits per heavy atom. The van der Waals surface area contributed by atoms with Gasteiger partial charge in [0.25, 0.3) is 0 Å². The minimum atomic E-state index is -0.663. The van der Waals surface area contributed by atoms with Gasteiger partial charge in [-0.1, -0.05) is 97.1 Å². The Morgan fingerprint density at radius 3 is 2.12 bits per heavy atom. The van der Waals surface area contributed by atoms with Crippen molar-refractivity contribution in [3.63, 3.8) is 0 Å². The van der Waals surface area contributed by atoms with E-state index in [1.807, 2.05) is 69.4 Å². The van der Waals surface area contributed by atoms with Crippen molar-refractivity contribution in [2.45, 2.75) is 58.7 Å². The van der Waals surface area contributed by atoms with Gasteiger partial charge in [0.2, 0.25) is 0 Å². The van der Waals surface area contributed by atoms with E-state index in [1.165, 1.54) is 10.8 Å². The molecular weight excluding hydrogens is 652 g/mol. The lowest BCUT2D eigenvalue weighted by Gasteiger charge is -2.45. The fourth-order valence-corrected chi connectivity index (χ4v) is 6.79. The van der Waals surface area contributed by atoms with Crippen molar-refractivity contribution in [1.82, 2.24) is 10.0 Å². The summed E-state index contributed by atoms with van der Waals surface area (Å²) in [5.74, 6) is -0.513. The Morgan fingerprint density at radius 2 is 1.44 bits per heavy atom. The fraction of sp³-hybridized carbons (Fsp3) is 0.364. The third-order valence-corrected chi connectivity index (χ3v) is 9.53. The summed E-state index contributed by atoms with van der Waals surface area (Å²) in [7, 11) is 1.73. The van der Waals surface area contributed by atoms with Crippen LogP contribution >= 0.6 is 0 Å². The first-order valence-electron chi connectivity index (χ1n) is 18.1. The summed E-state index contributed by atoms with van der Waals surface area (Å²) in [6.45, 7) is 8.96. The lowest BCUT2D eigenvalue weighted by atomic mass is 9.74. The molecule has 1 aliphatic rings. The van der Waals surface area contributed by atoms with Gasteiger partial charge in [-0.05, 0) is 71.5 Å². The first kappa shape index (κ1) is 37.3. The van der Waals surface area contributed by atoms with E-state index in [9.17, 15) is 4.79 Å². The number of nitrogens with zero attached hydrogens (tertiary/aromatic N) is 2. The Labute approximate surface area is 307 Å². The van der Waals surface area contributed by atoms with Crippen LogP contribution in [0.1, 0.15) is 60.6 Å². The molecule has 8 heteroatoms. The number of ether oxygens (including phenoxy) is 4. The molecule has 1 aromatic heterocycles. The van der Waals surface area contributed by atoms with Gasteiger partial charge >= 0.3 is 5.97 Å². The Hall–Kier alpha value is -4.44. The molecule has 4 aromatic carbocycles. The maximum absolute atomic E-state index is 13.2. The number of hydroxylamine groups is 2. The van der Waals surface area contributed by atoms with Crippen LogP contribution in [0.15, 0.2) is 122 Å². The van der Waals surface area contributed by atoms with Gasteiger partial charge < -0.3 is 23.8 Å². The maximum atomic E-state index is 13.2. The predicted molar refractivity (Wildman–Crippen MR) is 202 cm³/mol. The third-order valence-electron chi connectivity index (χ3n) is 9.53. The molecule has 4 atom stereocenters. The molecule has 272 valence electrons. The number of carbonyl (C=O) groups excluding carboxylic acids is 1. The average molecular weight is 703 g/mol. The zero-order valence-electron chi connectivity index (χ0n) is 30.7. The molecule has 0 bridgehead atoms. The predicted octanol–water partition coefficient (Wildman–Crippen LogP) is 8.46. The molecule has 1 saturated heterocycles. The Kier molecular flexibility index (Phi) is 12.8. The molecule has 5 aromatic rings. The van der Waals surface area contributed by atoms with E-state index in [-0.39, 0.29) is 30.0 Å². The first-order valence-corrected chi connectivity index (χ1v) is 18.1. The molecule has 2 heterocycles. The molecule has 0 radical (unpaired) electrons. The van der Waals surface area contributed by atoms with Gasteiger partial charge in [-0.2, -0.15) is 0 Å². The van der Waals surface area contributed by atoms with Crippen LogP contribution in [0.4, 0.5) is 0 Å². The average Bonchev–Trinajstić information content (AvgIpc) is 3.16. The monoisotopic (exact) mass is 702 g/mol. The number of hydrogen-bond acceptors (Lipinski definition) is 8. The van der Waals surface area contributed by atoms with Gasteiger partial charge in [-0.3, -0.25) is 4.98 Å². The molecule has 0 N–H and O–H groups in total. The lowest BCUT2D eigenvalue weighted by Crippen LogP contribution is -2.52. The molecule has 6 rings (SSSR count). The van der Waals surface area contributed by atoms with Crippen molar-refractivity contribution in [2.24, 2.45) is 11.3 Å². The topological polar surface area (TPSA) is 79.4 Å². The van der Waals surface area contributed by atoms with Crippen molar-refractivity contribution in [3.8, 4) is 0 Å². The van der Waals surface area contributed by atoms with Crippen LogP contribution in [-0.4, -0.2) is 55.5 Å². The van der Waals surface area contributed by atoms with Crippen LogP contribution in [0, 0.1) is 11.3 Å². The molecule has 1 fully saturated rings. The molecule has 0 amide bonds. The highest BCUT2D eigenvalue weighted by Crippen LogP contribution is 2.44. The number of piperidine rings is 1. The molecular formula is C44H50N2O6. The van der Waals surface area contributed by atoms with Crippen molar-refractivity contribution < 1.29 is 28.6 Å². The molecule has 0 saturated carbocycles. The van der Waals surface area contributed by atoms with Crippen LogP contribution in [-0.2, 0) is 48.4 Å². The number of hydrogen-bond donors (Lipinski definition) is 0. The molecule has 1 aliphatic heterocycles. The van der Waals surface area contributed by atoms with E-state index in [0.717, 1.165) is 27.8 Å². The number of rotatable bonds is 15. The molecule has 0 spiro atoms. The summed E-state index contributed by atoms with van der Waals surface area (Å²) in [6.07, 6.45) is 2.95. The number of pyridine rings is 1. The van der Waals surface area contributed by atoms with Crippen LogP contribution in [0.3, 0.4) is 0 Å². The second-order valence-electron chi connectivity index (χ2n) is 14.5. The molecule has 4 unspecified atom stereocenters. The van der Waals surface area contributed by atoms with Gasteiger partial charge in [0.05, 0.1) is 57.2 Å². The Bertz CT molecular complexity index is 1840. The molecule has 52 heavy (non-hydrogen) atoms. The normalized spacial score (nSPS) is 18.7. The zero-order chi connectivity index (χ0) is 36.3. The van der Waals surface area contributed by atoms with Gasteiger partial charge in [-0.15, -0.1) is 5.06 Å². The number of carbonyl (C=O) groups is 1.